The van der Waals surface area contributed by atoms with Crippen molar-refractivity contribution >= 4 is 23.4 Å². The van der Waals surface area contributed by atoms with Gasteiger partial charge in [0, 0.05) is 18.3 Å². The monoisotopic (exact) mass is 357 g/mol. The molecular formula is C19H20FN3O3. The molecule has 2 aromatic rings. The molecule has 0 heterocycles. The Kier molecular flexibility index (Phi) is 6.43. The number of carbonyl (C=O) groups excluding carboxylic acids is 3. The van der Waals surface area contributed by atoms with Gasteiger partial charge in [0.2, 0.25) is 11.8 Å². The molecule has 0 unspecified atom stereocenters. The van der Waals surface area contributed by atoms with Crippen LogP contribution >= 0.6 is 0 Å². The fraction of sp³-hybridized carbons (Fsp3) is 0.211. The Balaban J connectivity index is 1.80. The average Bonchev–Trinajstić information content (AvgIpc) is 2.61. The molecular weight excluding hydrogens is 337 g/mol. The molecule has 0 radical (unpaired) electrons. The van der Waals surface area contributed by atoms with Crippen LogP contribution in [0.25, 0.3) is 0 Å². The van der Waals surface area contributed by atoms with Crippen LogP contribution < -0.4 is 10.6 Å². The molecule has 136 valence electrons. The van der Waals surface area contributed by atoms with Crippen LogP contribution in [-0.2, 0) is 9.59 Å². The standard InChI is InChI=1S/C19H20FN3O3/c1-13-6-8-16(9-7-13)22-17(24)12-23(2)18(25)11-21-19(26)14-4-3-5-15(20)10-14/h3-10H,11-12H2,1-2H3,(H,21,26)(H,22,24). The number of amides is 3. The fourth-order valence-electron chi connectivity index (χ4n) is 2.16. The molecule has 6 nitrogen and oxygen atoms in total. The van der Waals surface area contributed by atoms with Crippen molar-refractivity contribution in [2.24, 2.45) is 0 Å². The summed E-state index contributed by atoms with van der Waals surface area (Å²) in [6, 6.07) is 12.4. The number of rotatable bonds is 6. The maximum Gasteiger partial charge on any atom is 0.251 e. The SMILES string of the molecule is Cc1ccc(NC(=O)CN(C)C(=O)CNC(=O)c2cccc(F)c2)cc1. The van der Waals surface area contributed by atoms with Crippen molar-refractivity contribution in [3.05, 3.63) is 65.5 Å². The molecule has 0 bridgehead atoms. The lowest BCUT2D eigenvalue weighted by molar-refractivity contribution is -0.132. The number of benzene rings is 2. The molecule has 0 spiro atoms. The van der Waals surface area contributed by atoms with Crippen LogP contribution in [0.15, 0.2) is 48.5 Å². The molecule has 26 heavy (non-hydrogen) atoms. The smallest absolute Gasteiger partial charge is 0.251 e. The molecule has 0 atom stereocenters. The summed E-state index contributed by atoms with van der Waals surface area (Å²) < 4.78 is 13.1. The zero-order valence-electron chi connectivity index (χ0n) is 14.6. The number of nitrogens with one attached hydrogen (secondary N) is 2. The Morgan fingerprint density at radius 2 is 1.77 bits per heavy atom. The normalized spacial score (nSPS) is 10.1. The van der Waals surface area contributed by atoms with Crippen molar-refractivity contribution in [1.29, 1.82) is 0 Å². The molecule has 0 fully saturated rings. The second kappa shape index (κ2) is 8.75. The molecule has 0 saturated carbocycles. The van der Waals surface area contributed by atoms with Crippen LogP contribution in [0.5, 0.6) is 0 Å². The molecule has 3 amide bonds. The first-order valence-corrected chi connectivity index (χ1v) is 7.99. The molecule has 7 heteroatoms. The minimum absolute atomic E-state index is 0.123. The van der Waals surface area contributed by atoms with Crippen LogP contribution in [0, 0.1) is 12.7 Å². The number of hydrogen-bond donors (Lipinski definition) is 2. The topological polar surface area (TPSA) is 78.5 Å². The molecule has 2 aromatic carbocycles. The quantitative estimate of drug-likeness (QED) is 0.830. The Bertz CT molecular complexity index is 806. The minimum Gasteiger partial charge on any atom is -0.343 e. The van der Waals surface area contributed by atoms with E-state index in [4.69, 9.17) is 0 Å². The Hall–Kier alpha value is -3.22. The maximum atomic E-state index is 13.1. The van der Waals surface area contributed by atoms with Crippen LogP contribution in [0.2, 0.25) is 0 Å². The number of halogens is 1. The van der Waals surface area contributed by atoms with E-state index in [0.717, 1.165) is 11.6 Å². The Morgan fingerprint density at radius 1 is 1.08 bits per heavy atom. The van der Waals surface area contributed by atoms with Crippen LogP contribution in [-0.4, -0.2) is 42.8 Å². The van der Waals surface area contributed by atoms with E-state index in [2.05, 4.69) is 10.6 Å². The molecule has 0 aliphatic rings. The molecule has 0 saturated heterocycles. The summed E-state index contributed by atoms with van der Waals surface area (Å²) in [5.41, 5.74) is 1.84. The number of anilines is 1. The van der Waals surface area contributed by atoms with E-state index in [9.17, 15) is 18.8 Å². The van der Waals surface area contributed by atoms with Gasteiger partial charge < -0.3 is 15.5 Å². The molecule has 0 aromatic heterocycles. The Morgan fingerprint density at radius 3 is 2.42 bits per heavy atom. The van der Waals surface area contributed by atoms with Crippen molar-refractivity contribution in [3.63, 3.8) is 0 Å². The number of likely N-dealkylation sites (N-methyl/N-ethyl adjacent to an activating group) is 1. The van der Waals surface area contributed by atoms with Gasteiger partial charge >= 0.3 is 0 Å². The van der Waals surface area contributed by atoms with Gasteiger partial charge in [-0.25, -0.2) is 4.39 Å². The Labute approximate surface area is 151 Å². The van der Waals surface area contributed by atoms with Gasteiger partial charge in [-0.05, 0) is 37.3 Å². The predicted octanol–water partition coefficient (Wildman–Crippen LogP) is 1.96. The van der Waals surface area contributed by atoms with Gasteiger partial charge in [-0.3, -0.25) is 14.4 Å². The van der Waals surface area contributed by atoms with Crippen molar-refractivity contribution in [2.75, 3.05) is 25.5 Å². The summed E-state index contributed by atoms with van der Waals surface area (Å²) in [5, 5.41) is 5.10. The summed E-state index contributed by atoms with van der Waals surface area (Å²) in [4.78, 5) is 37.1. The third-order valence-electron chi connectivity index (χ3n) is 3.63. The number of aryl methyl sites for hydroxylation is 1. The summed E-state index contributed by atoms with van der Waals surface area (Å²) >= 11 is 0. The average molecular weight is 357 g/mol. The molecule has 2 rings (SSSR count). The molecule has 0 aliphatic heterocycles. The fourth-order valence-corrected chi connectivity index (χ4v) is 2.16. The van der Waals surface area contributed by atoms with Gasteiger partial charge in [0.15, 0.2) is 0 Å². The first-order chi connectivity index (χ1) is 12.3. The van der Waals surface area contributed by atoms with Crippen molar-refractivity contribution in [2.45, 2.75) is 6.92 Å². The lowest BCUT2D eigenvalue weighted by atomic mass is 10.2. The third-order valence-corrected chi connectivity index (χ3v) is 3.63. The highest BCUT2D eigenvalue weighted by Crippen LogP contribution is 2.08. The van der Waals surface area contributed by atoms with E-state index in [0.29, 0.717) is 5.69 Å². The lowest BCUT2D eigenvalue weighted by Gasteiger charge is -2.17. The van der Waals surface area contributed by atoms with Gasteiger partial charge in [-0.2, -0.15) is 0 Å². The lowest BCUT2D eigenvalue weighted by Crippen LogP contribution is -2.41. The van der Waals surface area contributed by atoms with Crippen LogP contribution in [0.3, 0.4) is 0 Å². The largest absolute Gasteiger partial charge is 0.343 e. The van der Waals surface area contributed by atoms with Gasteiger partial charge in [-0.1, -0.05) is 23.8 Å². The zero-order valence-corrected chi connectivity index (χ0v) is 14.6. The van der Waals surface area contributed by atoms with E-state index >= 15 is 0 Å². The highest BCUT2D eigenvalue weighted by atomic mass is 19.1. The zero-order chi connectivity index (χ0) is 19.1. The molecule has 0 aliphatic carbocycles. The van der Waals surface area contributed by atoms with Gasteiger partial charge in [-0.15, -0.1) is 0 Å². The summed E-state index contributed by atoms with van der Waals surface area (Å²) in [6.07, 6.45) is 0. The minimum atomic E-state index is -0.560. The van der Waals surface area contributed by atoms with Gasteiger partial charge in [0.25, 0.3) is 5.91 Å². The highest BCUT2D eigenvalue weighted by Gasteiger charge is 2.15. The van der Waals surface area contributed by atoms with E-state index in [1.165, 1.54) is 30.1 Å². The van der Waals surface area contributed by atoms with Crippen LogP contribution in [0.1, 0.15) is 15.9 Å². The number of nitrogens with zero attached hydrogens (tertiary/aromatic N) is 1. The second-order valence-electron chi connectivity index (χ2n) is 5.86. The van der Waals surface area contributed by atoms with E-state index < -0.39 is 17.6 Å². The van der Waals surface area contributed by atoms with Gasteiger partial charge in [0.1, 0.15) is 5.82 Å². The highest BCUT2D eigenvalue weighted by molar-refractivity contribution is 5.98. The first kappa shape index (κ1) is 19.1. The van der Waals surface area contributed by atoms with Crippen LogP contribution in [0.4, 0.5) is 10.1 Å². The van der Waals surface area contributed by atoms with E-state index in [1.54, 1.807) is 12.1 Å². The van der Waals surface area contributed by atoms with Crippen molar-refractivity contribution < 1.29 is 18.8 Å². The maximum absolute atomic E-state index is 13.1. The van der Waals surface area contributed by atoms with Gasteiger partial charge in [0.05, 0.1) is 13.1 Å². The summed E-state index contributed by atoms with van der Waals surface area (Å²) in [7, 11) is 1.46. The van der Waals surface area contributed by atoms with Crippen molar-refractivity contribution in [3.8, 4) is 0 Å². The third kappa shape index (κ3) is 5.70. The summed E-state index contributed by atoms with van der Waals surface area (Å²) in [5.74, 6) is -1.88. The molecule has 2 N–H and O–H groups in total. The second-order valence-corrected chi connectivity index (χ2v) is 5.86. The predicted molar refractivity (Wildman–Crippen MR) is 96.2 cm³/mol. The number of carbonyl (C=O) groups is 3. The van der Waals surface area contributed by atoms with E-state index in [1.807, 2.05) is 19.1 Å². The van der Waals surface area contributed by atoms with E-state index in [-0.39, 0.29) is 24.6 Å². The first-order valence-electron chi connectivity index (χ1n) is 7.99. The summed E-state index contributed by atoms with van der Waals surface area (Å²) in [6.45, 7) is 1.50. The number of hydrogen-bond acceptors (Lipinski definition) is 3. The van der Waals surface area contributed by atoms with Crippen molar-refractivity contribution in [1.82, 2.24) is 10.2 Å².